The van der Waals surface area contributed by atoms with E-state index in [0.717, 1.165) is 12.8 Å². The molecule has 3 unspecified atom stereocenters. The predicted molar refractivity (Wildman–Crippen MR) is 97.8 cm³/mol. The van der Waals surface area contributed by atoms with E-state index in [2.05, 4.69) is 12.8 Å². The lowest BCUT2D eigenvalue weighted by Gasteiger charge is -2.50. The molecule has 0 bridgehead atoms. The molecular weight excluding hydrogens is 352 g/mol. The first-order valence-corrected chi connectivity index (χ1v) is 9.69. The van der Waals surface area contributed by atoms with Crippen molar-refractivity contribution >= 4 is 5.97 Å². The Labute approximate surface area is 162 Å². The van der Waals surface area contributed by atoms with Gasteiger partial charge in [0.2, 0.25) is 0 Å². The zero-order valence-electron chi connectivity index (χ0n) is 16.8. The zero-order valence-corrected chi connectivity index (χ0v) is 16.8. The fourth-order valence-corrected chi connectivity index (χ4v) is 3.18. The Hall–Kier alpha value is -1.17. The summed E-state index contributed by atoms with van der Waals surface area (Å²) in [5.74, 6) is 1.39. The summed E-state index contributed by atoms with van der Waals surface area (Å²) in [7, 11) is 0. The molecule has 2 aliphatic rings. The minimum Gasteiger partial charge on any atom is -0.454 e. The first-order chi connectivity index (χ1) is 12.9. The molecule has 0 N–H and O–H groups in total. The average molecular weight is 384 g/mol. The maximum Gasteiger partial charge on any atom is 0.303 e. The zero-order chi connectivity index (χ0) is 19.9. The number of hydrogen-bond donors (Lipinski definition) is 0. The lowest BCUT2D eigenvalue weighted by Crippen LogP contribution is -2.66. The smallest absolute Gasteiger partial charge is 0.303 e. The molecule has 7 nitrogen and oxygen atoms in total. The van der Waals surface area contributed by atoms with Crippen molar-refractivity contribution in [1.29, 1.82) is 0 Å². The number of carbonyl (C=O) groups is 1. The van der Waals surface area contributed by atoms with Gasteiger partial charge in [0.25, 0.3) is 0 Å². The van der Waals surface area contributed by atoms with Gasteiger partial charge in [0.15, 0.2) is 18.2 Å². The Balaban J connectivity index is 2.17. The molecule has 2 fully saturated rings. The van der Waals surface area contributed by atoms with Gasteiger partial charge in [0.1, 0.15) is 18.3 Å². The highest BCUT2D eigenvalue weighted by Crippen LogP contribution is 2.35. The van der Waals surface area contributed by atoms with Crippen LogP contribution in [0, 0.1) is 12.3 Å². The number of carbonyl (C=O) groups excluding carboxylic acids is 1. The van der Waals surface area contributed by atoms with Crippen LogP contribution in [0.4, 0.5) is 0 Å². The number of fused-ring (bicyclic) bond motifs is 1. The van der Waals surface area contributed by atoms with Crippen molar-refractivity contribution in [2.75, 3.05) is 19.8 Å². The van der Waals surface area contributed by atoms with E-state index in [-0.39, 0.29) is 6.10 Å². The number of ether oxygens (including phenoxy) is 6. The highest BCUT2D eigenvalue weighted by molar-refractivity contribution is 5.66. The molecule has 0 radical (unpaired) electrons. The third-order valence-corrected chi connectivity index (χ3v) is 4.46. The van der Waals surface area contributed by atoms with E-state index in [9.17, 15) is 4.79 Å². The van der Waals surface area contributed by atoms with E-state index >= 15 is 0 Å². The van der Waals surface area contributed by atoms with Crippen LogP contribution in [-0.2, 0) is 33.2 Å². The number of esters is 1. The van der Waals surface area contributed by atoms with Crippen LogP contribution in [-0.4, -0.2) is 62.3 Å². The lowest BCUT2D eigenvalue weighted by molar-refractivity contribution is -0.386. The molecule has 2 heterocycles. The SMILES string of the molecule is C#CCCCO[C@@H]1OC2COC(C)(C)O[C@H]2C(OCCCC)C1OC(C)=O. The van der Waals surface area contributed by atoms with Gasteiger partial charge in [-0.2, -0.15) is 0 Å². The number of hydrogen-bond acceptors (Lipinski definition) is 7. The molecule has 0 aromatic rings. The second-order valence-corrected chi connectivity index (χ2v) is 7.28. The largest absolute Gasteiger partial charge is 0.454 e. The standard InChI is InChI=1S/C20H32O7/c1-6-8-10-12-23-19-18(25-14(3)21)17(22-11-9-7-2)16-15(26-19)13-24-20(4,5)27-16/h1,15-19H,7-13H2,2-5H3/t15?,16-,17?,18?,19-/m1/s1. The van der Waals surface area contributed by atoms with Gasteiger partial charge in [-0.15, -0.1) is 12.3 Å². The molecule has 0 amide bonds. The van der Waals surface area contributed by atoms with Crippen LogP contribution in [0.3, 0.4) is 0 Å². The molecule has 2 saturated heterocycles. The summed E-state index contributed by atoms with van der Waals surface area (Å²) in [5, 5.41) is 0. The third kappa shape index (κ3) is 6.44. The molecule has 0 saturated carbocycles. The van der Waals surface area contributed by atoms with Crippen molar-refractivity contribution in [3.8, 4) is 12.3 Å². The van der Waals surface area contributed by atoms with Crippen molar-refractivity contribution in [2.24, 2.45) is 0 Å². The Kier molecular flexibility index (Phi) is 8.52. The minimum absolute atomic E-state index is 0.350. The van der Waals surface area contributed by atoms with Gasteiger partial charge >= 0.3 is 5.97 Å². The molecular formula is C20H32O7. The van der Waals surface area contributed by atoms with Gasteiger partial charge in [-0.1, -0.05) is 13.3 Å². The van der Waals surface area contributed by atoms with E-state index in [4.69, 9.17) is 34.8 Å². The lowest BCUT2D eigenvalue weighted by atomic mass is 9.96. The number of rotatable bonds is 9. The van der Waals surface area contributed by atoms with Crippen LogP contribution >= 0.6 is 0 Å². The van der Waals surface area contributed by atoms with Gasteiger partial charge in [0, 0.05) is 20.0 Å². The van der Waals surface area contributed by atoms with Gasteiger partial charge in [-0.25, -0.2) is 0 Å². The summed E-state index contributed by atoms with van der Waals surface area (Å²) >= 11 is 0. The molecule has 0 aromatic heterocycles. The van der Waals surface area contributed by atoms with Crippen LogP contribution in [0.5, 0.6) is 0 Å². The predicted octanol–water partition coefficient (Wildman–Crippen LogP) is 2.41. The quantitative estimate of drug-likeness (QED) is 0.343. The van der Waals surface area contributed by atoms with E-state index in [1.807, 2.05) is 13.8 Å². The van der Waals surface area contributed by atoms with E-state index in [0.29, 0.717) is 32.7 Å². The molecule has 0 aromatic carbocycles. The summed E-state index contributed by atoms with van der Waals surface area (Å²) in [6, 6.07) is 0. The second-order valence-electron chi connectivity index (χ2n) is 7.28. The molecule has 2 aliphatic heterocycles. The number of unbranched alkanes of at least 4 members (excludes halogenated alkanes) is 2. The Morgan fingerprint density at radius 3 is 2.63 bits per heavy atom. The molecule has 154 valence electrons. The fraction of sp³-hybridized carbons (Fsp3) is 0.850. The number of terminal acetylenes is 1. The third-order valence-electron chi connectivity index (χ3n) is 4.46. The van der Waals surface area contributed by atoms with Crippen LogP contribution in [0.1, 0.15) is 53.4 Å². The molecule has 5 atom stereocenters. The summed E-state index contributed by atoms with van der Waals surface area (Å²) in [5.41, 5.74) is 0. The normalized spacial score (nSPS) is 32.3. The van der Waals surface area contributed by atoms with Crippen LogP contribution in [0.2, 0.25) is 0 Å². The van der Waals surface area contributed by atoms with Gasteiger partial charge in [-0.05, 0) is 26.7 Å². The monoisotopic (exact) mass is 384 g/mol. The van der Waals surface area contributed by atoms with Crippen LogP contribution in [0.15, 0.2) is 0 Å². The van der Waals surface area contributed by atoms with Crippen molar-refractivity contribution in [3.05, 3.63) is 0 Å². The fourth-order valence-electron chi connectivity index (χ4n) is 3.18. The van der Waals surface area contributed by atoms with Crippen molar-refractivity contribution in [2.45, 2.75) is 89.9 Å². The summed E-state index contributed by atoms with van der Waals surface area (Å²) in [6.45, 7) is 8.42. The first kappa shape index (κ1) is 22.1. The van der Waals surface area contributed by atoms with Crippen molar-refractivity contribution < 1.29 is 33.2 Å². The summed E-state index contributed by atoms with van der Waals surface area (Å²) in [6.07, 6.45) is 5.72. The second kappa shape index (κ2) is 10.4. The van der Waals surface area contributed by atoms with Gasteiger partial charge < -0.3 is 28.4 Å². The van der Waals surface area contributed by atoms with Gasteiger partial charge in [0.05, 0.1) is 13.2 Å². The van der Waals surface area contributed by atoms with E-state index in [1.54, 1.807) is 0 Å². The topological polar surface area (TPSA) is 72.5 Å². The molecule has 0 aliphatic carbocycles. The van der Waals surface area contributed by atoms with E-state index in [1.165, 1.54) is 6.92 Å². The molecule has 27 heavy (non-hydrogen) atoms. The van der Waals surface area contributed by atoms with Crippen LogP contribution in [0.25, 0.3) is 0 Å². The Morgan fingerprint density at radius 2 is 1.96 bits per heavy atom. The Morgan fingerprint density at radius 1 is 1.22 bits per heavy atom. The maximum absolute atomic E-state index is 11.7. The maximum atomic E-state index is 11.7. The van der Waals surface area contributed by atoms with Crippen LogP contribution < -0.4 is 0 Å². The highest BCUT2D eigenvalue weighted by atomic mass is 16.8. The molecule has 0 spiro atoms. The molecule has 2 rings (SSSR count). The van der Waals surface area contributed by atoms with Crippen molar-refractivity contribution in [3.63, 3.8) is 0 Å². The average Bonchev–Trinajstić information content (AvgIpc) is 2.60. The molecule has 7 heteroatoms. The van der Waals surface area contributed by atoms with Gasteiger partial charge in [-0.3, -0.25) is 4.79 Å². The summed E-state index contributed by atoms with van der Waals surface area (Å²) < 4.78 is 35.3. The highest BCUT2D eigenvalue weighted by Gasteiger charge is 2.53. The van der Waals surface area contributed by atoms with Crippen molar-refractivity contribution in [1.82, 2.24) is 0 Å². The minimum atomic E-state index is -0.766. The summed E-state index contributed by atoms with van der Waals surface area (Å²) in [4.78, 5) is 11.7. The van der Waals surface area contributed by atoms with E-state index < -0.39 is 36.4 Å². The first-order valence-electron chi connectivity index (χ1n) is 9.69. The Bertz CT molecular complexity index is 513.